The van der Waals surface area contributed by atoms with Crippen LogP contribution in [0.3, 0.4) is 0 Å². The Morgan fingerprint density at radius 2 is 2.00 bits per heavy atom. The van der Waals surface area contributed by atoms with Crippen LogP contribution in [0.15, 0.2) is 35.2 Å². The van der Waals surface area contributed by atoms with Crippen molar-refractivity contribution in [3.8, 4) is 0 Å². The molecule has 0 amide bonds. The van der Waals surface area contributed by atoms with Crippen LogP contribution in [0.5, 0.6) is 0 Å². The minimum absolute atomic E-state index is 0.654. The van der Waals surface area contributed by atoms with Crippen LogP contribution in [0.4, 0.5) is 0 Å². The Balaban J connectivity index is 2.28. The smallest absolute Gasteiger partial charge is 0.122 e. The maximum atomic E-state index is 9.87. The van der Waals surface area contributed by atoms with Crippen LogP contribution >= 0.6 is 22.9 Å². The van der Waals surface area contributed by atoms with Gasteiger partial charge in [-0.1, -0.05) is 23.7 Å². The Morgan fingerprint density at radius 3 is 2.57 bits per heavy atom. The molecule has 1 aromatic heterocycles. The van der Waals surface area contributed by atoms with E-state index in [1.54, 1.807) is 29.8 Å². The SMILES string of the molecule is OC(c1ccc(Cl)cc1)c1cscn1. The maximum Gasteiger partial charge on any atom is 0.122 e. The van der Waals surface area contributed by atoms with Gasteiger partial charge in [-0.3, -0.25) is 0 Å². The lowest BCUT2D eigenvalue weighted by molar-refractivity contribution is 0.216. The average molecular weight is 226 g/mol. The van der Waals surface area contributed by atoms with Crippen molar-refractivity contribution in [3.63, 3.8) is 0 Å². The van der Waals surface area contributed by atoms with Crippen LogP contribution in [0.25, 0.3) is 0 Å². The van der Waals surface area contributed by atoms with Gasteiger partial charge in [-0.25, -0.2) is 4.98 Å². The summed E-state index contributed by atoms with van der Waals surface area (Å²) in [6.45, 7) is 0. The molecule has 72 valence electrons. The van der Waals surface area contributed by atoms with Gasteiger partial charge in [0, 0.05) is 10.4 Å². The number of thiazole rings is 1. The highest BCUT2D eigenvalue weighted by atomic mass is 35.5. The number of aromatic nitrogens is 1. The van der Waals surface area contributed by atoms with E-state index < -0.39 is 6.10 Å². The highest BCUT2D eigenvalue weighted by molar-refractivity contribution is 7.07. The molecule has 4 heteroatoms. The summed E-state index contributed by atoms with van der Waals surface area (Å²) in [5, 5.41) is 12.4. The average Bonchev–Trinajstić information content (AvgIpc) is 2.71. The predicted octanol–water partition coefficient (Wildman–Crippen LogP) is 2.88. The minimum Gasteiger partial charge on any atom is -0.382 e. The second-order valence-corrected chi connectivity index (χ2v) is 4.02. The van der Waals surface area contributed by atoms with E-state index in [0.29, 0.717) is 10.7 Å². The molecule has 0 radical (unpaired) electrons. The molecule has 0 saturated carbocycles. The number of aliphatic hydroxyl groups excluding tert-OH is 1. The molecule has 1 unspecified atom stereocenters. The number of rotatable bonds is 2. The third kappa shape index (κ3) is 1.95. The number of hydrogen-bond acceptors (Lipinski definition) is 3. The summed E-state index contributed by atoms with van der Waals surface area (Å²) in [5.41, 5.74) is 3.19. The molecule has 1 N–H and O–H groups in total. The van der Waals surface area contributed by atoms with Crippen molar-refractivity contribution >= 4 is 22.9 Å². The minimum atomic E-state index is -0.654. The topological polar surface area (TPSA) is 33.1 Å². The van der Waals surface area contributed by atoms with E-state index in [-0.39, 0.29) is 0 Å². The molecule has 2 aromatic rings. The van der Waals surface area contributed by atoms with E-state index >= 15 is 0 Å². The van der Waals surface area contributed by atoms with Crippen LogP contribution in [0, 0.1) is 0 Å². The summed E-state index contributed by atoms with van der Waals surface area (Å²) in [4.78, 5) is 4.05. The number of hydrogen-bond donors (Lipinski definition) is 1. The summed E-state index contributed by atoms with van der Waals surface area (Å²) in [6.07, 6.45) is -0.654. The quantitative estimate of drug-likeness (QED) is 0.853. The second-order valence-electron chi connectivity index (χ2n) is 2.87. The Labute approximate surface area is 90.8 Å². The fourth-order valence-corrected chi connectivity index (χ4v) is 1.87. The van der Waals surface area contributed by atoms with E-state index in [4.69, 9.17) is 11.6 Å². The van der Waals surface area contributed by atoms with Gasteiger partial charge in [0.25, 0.3) is 0 Å². The molecule has 0 aliphatic rings. The predicted molar refractivity (Wildman–Crippen MR) is 57.6 cm³/mol. The lowest BCUT2D eigenvalue weighted by atomic mass is 10.1. The van der Waals surface area contributed by atoms with Crippen molar-refractivity contribution in [2.75, 3.05) is 0 Å². The summed E-state index contributed by atoms with van der Waals surface area (Å²) < 4.78 is 0. The maximum absolute atomic E-state index is 9.87. The van der Waals surface area contributed by atoms with Gasteiger partial charge in [0.1, 0.15) is 6.10 Å². The molecule has 1 heterocycles. The first kappa shape index (κ1) is 9.65. The molecule has 1 atom stereocenters. The lowest BCUT2D eigenvalue weighted by Gasteiger charge is -2.07. The van der Waals surface area contributed by atoms with E-state index in [9.17, 15) is 5.11 Å². The van der Waals surface area contributed by atoms with Crippen molar-refractivity contribution in [2.45, 2.75) is 6.10 Å². The summed E-state index contributed by atoms with van der Waals surface area (Å²) in [7, 11) is 0. The first-order chi connectivity index (χ1) is 6.77. The molecule has 0 bridgehead atoms. The largest absolute Gasteiger partial charge is 0.382 e. The van der Waals surface area contributed by atoms with Gasteiger partial charge in [0.15, 0.2) is 0 Å². The van der Waals surface area contributed by atoms with Crippen LogP contribution in [0.1, 0.15) is 17.4 Å². The molecular weight excluding hydrogens is 218 g/mol. The monoisotopic (exact) mass is 225 g/mol. The van der Waals surface area contributed by atoms with Crippen molar-refractivity contribution < 1.29 is 5.11 Å². The molecule has 2 nitrogen and oxygen atoms in total. The number of nitrogens with zero attached hydrogens (tertiary/aromatic N) is 1. The Bertz CT molecular complexity index is 399. The first-order valence-electron chi connectivity index (χ1n) is 4.09. The first-order valence-corrected chi connectivity index (χ1v) is 5.41. The van der Waals surface area contributed by atoms with Crippen molar-refractivity contribution in [3.05, 3.63) is 51.4 Å². The van der Waals surface area contributed by atoms with E-state index in [1.807, 2.05) is 5.38 Å². The molecular formula is C10H8ClNOS. The van der Waals surface area contributed by atoms with Gasteiger partial charge in [0.2, 0.25) is 0 Å². The Morgan fingerprint density at radius 1 is 1.29 bits per heavy atom. The van der Waals surface area contributed by atoms with Crippen LogP contribution in [-0.2, 0) is 0 Å². The number of halogens is 1. The van der Waals surface area contributed by atoms with Crippen molar-refractivity contribution in [2.24, 2.45) is 0 Å². The van der Waals surface area contributed by atoms with Gasteiger partial charge in [-0.15, -0.1) is 11.3 Å². The summed E-state index contributed by atoms with van der Waals surface area (Å²) in [5.74, 6) is 0. The van der Waals surface area contributed by atoms with Gasteiger partial charge >= 0.3 is 0 Å². The normalized spacial score (nSPS) is 12.7. The molecule has 1 aromatic carbocycles. The van der Waals surface area contributed by atoms with Gasteiger partial charge in [0.05, 0.1) is 11.2 Å². The highest BCUT2D eigenvalue weighted by Gasteiger charge is 2.11. The van der Waals surface area contributed by atoms with Crippen molar-refractivity contribution in [1.29, 1.82) is 0 Å². The van der Waals surface area contributed by atoms with Gasteiger partial charge in [-0.05, 0) is 17.7 Å². The van der Waals surface area contributed by atoms with Crippen molar-refractivity contribution in [1.82, 2.24) is 4.98 Å². The standard InChI is InChI=1S/C10H8ClNOS/c11-8-3-1-7(2-4-8)10(13)9-5-14-6-12-9/h1-6,10,13H. The van der Waals surface area contributed by atoms with Gasteiger partial charge in [-0.2, -0.15) is 0 Å². The second kappa shape index (κ2) is 4.09. The fourth-order valence-electron chi connectivity index (χ4n) is 1.17. The molecule has 14 heavy (non-hydrogen) atoms. The molecule has 0 saturated heterocycles. The highest BCUT2D eigenvalue weighted by Crippen LogP contribution is 2.22. The van der Waals surface area contributed by atoms with Gasteiger partial charge < -0.3 is 5.11 Å². The van der Waals surface area contributed by atoms with E-state index in [2.05, 4.69) is 4.98 Å². The third-order valence-electron chi connectivity index (χ3n) is 1.92. The molecule has 0 aliphatic carbocycles. The molecule has 0 spiro atoms. The zero-order chi connectivity index (χ0) is 9.97. The lowest BCUT2D eigenvalue weighted by Crippen LogP contribution is -1.99. The Hall–Kier alpha value is -0.900. The van der Waals surface area contributed by atoms with Crippen LogP contribution in [-0.4, -0.2) is 10.1 Å². The fraction of sp³-hybridized carbons (Fsp3) is 0.100. The van der Waals surface area contributed by atoms with E-state index in [0.717, 1.165) is 5.56 Å². The zero-order valence-electron chi connectivity index (χ0n) is 7.22. The molecule has 0 fully saturated rings. The summed E-state index contributed by atoms with van der Waals surface area (Å²) >= 11 is 7.21. The third-order valence-corrected chi connectivity index (χ3v) is 2.77. The van der Waals surface area contributed by atoms with E-state index in [1.165, 1.54) is 11.3 Å². The summed E-state index contributed by atoms with van der Waals surface area (Å²) in [6, 6.07) is 7.11. The number of aliphatic hydroxyl groups is 1. The molecule has 2 rings (SSSR count). The van der Waals surface area contributed by atoms with Crippen LogP contribution in [0.2, 0.25) is 5.02 Å². The van der Waals surface area contributed by atoms with Crippen LogP contribution < -0.4 is 0 Å². The zero-order valence-corrected chi connectivity index (χ0v) is 8.79. The Kier molecular flexibility index (Phi) is 2.82. The number of benzene rings is 1. The molecule has 0 aliphatic heterocycles.